The first kappa shape index (κ1) is 17.5. The summed E-state index contributed by atoms with van der Waals surface area (Å²) in [6.07, 6.45) is -0.112. The quantitative estimate of drug-likeness (QED) is 0.792. The molecule has 0 aliphatic rings. The molecular weight excluding hydrogens is 278 g/mol. The molecule has 0 aromatic heterocycles. The highest BCUT2D eigenvalue weighted by molar-refractivity contribution is 8.13. The Morgan fingerprint density at radius 2 is 1.83 bits per heavy atom. The molecule has 0 radical (unpaired) electrons. The average Bonchev–Trinajstić information content (AvgIpc) is 1.92. The zero-order valence-electron chi connectivity index (χ0n) is 11.5. The number of hydrogen-bond acceptors (Lipinski definition) is 4. The minimum Gasteiger partial charge on any atom is -0.444 e. The summed E-state index contributed by atoms with van der Waals surface area (Å²) in [4.78, 5) is 11.6. The topological polar surface area (TPSA) is 72.5 Å². The number of hydrogen-bond donors (Lipinski definition) is 1. The minimum atomic E-state index is -3.66. The van der Waals surface area contributed by atoms with Gasteiger partial charge in [0.25, 0.3) is 0 Å². The van der Waals surface area contributed by atoms with Gasteiger partial charge in [0, 0.05) is 16.7 Å². The number of nitrogens with one attached hydrogen (secondary N) is 1. The van der Waals surface area contributed by atoms with Crippen molar-refractivity contribution in [1.82, 2.24) is 5.32 Å². The van der Waals surface area contributed by atoms with E-state index in [9.17, 15) is 13.2 Å². The molecule has 18 heavy (non-hydrogen) atoms. The van der Waals surface area contributed by atoms with Crippen molar-refractivity contribution in [2.45, 2.75) is 52.7 Å². The van der Waals surface area contributed by atoms with Crippen molar-refractivity contribution < 1.29 is 17.9 Å². The van der Waals surface area contributed by atoms with Crippen LogP contribution in [0.4, 0.5) is 4.79 Å². The Labute approximate surface area is 114 Å². The molecule has 1 N–H and O–H groups in total. The van der Waals surface area contributed by atoms with Crippen LogP contribution in [-0.4, -0.2) is 31.9 Å². The Kier molecular flexibility index (Phi) is 6.43. The molecule has 0 aliphatic carbocycles. The number of rotatable bonds is 5. The van der Waals surface area contributed by atoms with Crippen LogP contribution in [-0.2, 0) is 13.8 Å². The first-order chi connectivity index (χ1) is 7.89. The zero-order valence-corrected chi connectivity index (χ0v) is 13.1. The van der Waals surface area contributed by atoms with E-state index in [1.54, 1.807) is 20.8 Å². The van der Waals surface area contributed by atoms with E-state index in [2.05, 4.69) is 5.32 Å². The average molecular weight is 300 g/mol. The Bertz CT molecular complexity index is 373. The fraction of sp³-hybridized carbons (Fsp3) is 0.909. The third-order valence-electron chi connectivity index (χ3n) is 1.88. The van der Waals surface area contributed by atoms with Gasteiger partial charge in [0.15, 0.2) is 0 Å². The molecule has 1 amide bonds. The van der Waals surface area contributed by atoms with Gasteiger partial charge in [0.1, 0.15) is 5.60 Å². The van der Waals surface area contributed by atoms with Gasteiger partial charge in [0.2, 0.25) is 9.05 Å². The van der Waals surface area contributed by atoms with E-state index in [-0.39, 0.29) is 11.7 Å². The summed E-state index contributed by atoms with van der Waals surface area (Å²) in [6.45, 7) is 9.09. The summed E-state index contributed by atoms with van der Waals surface area (Å²) >= 11 is 0. The maximum Gasteiger partial charge on any atom is 0.407 e. The van der Waals surface area contributed by atoms with Gasteiger partial charge in [-0.1, -0.05) is 13.8 Å². The van der Waals surface area contributed by atoms with Gasteiger partial charge in [-0.05, 0) is 33.1 Å². The van der Waals surface area contributed by atoms with Gasteiger partial charge in [-0.2, -0.15) is 0 Å². The molecule has 0 aromatic rings. The Hall–Kier alpha value is -0.490. The van der Waals surface area contributed by atoms with Crippen LogP contribution in [0.2, 0.25) is 0 Å². The maximum atomic E-state index is 11.6. The largest absolute Gasteiger partial charge is 0.444 e. The zero-order chi connectivity index (χ0) is 14.6. The predicted molar refractivity (Wildman–Crippen MR) is 72.3 cm³/mol. The van der Waals surface area contributed by atoms with Crippen molar-refractivity contribution in [2.24, 2.45) is 5.92 Å². The van der Waals surface area contributed by atoms with Crippen molar-refractivity contribution in [3.05, 3.63) is 0 Å². The second-order valence-corrected chi connectivity index (χ2v) is 8.50. The van der Waals surface area contributed by atoms with Crippen molar-refractivity contribution >= 4 is 25.8 Å². The van der Waals surface area contributed by atoms with Crippen molar-refractivity contribution in [3.8, 4) is 0 Å². The Balaban J connectivity index is 4.55. The van der Waals surface area contributed by atoms with E-state index in [1.165, 1.54) is 0 Å². The van der Waals surface area contributed by atoms with Gasteiger partial charge in [-0.25, -0.2) is 13.2 Å². The molecule has 0 fully saturated rings. The lowest BCUT2D eigenvalue weighted by atomic mass is 10.1. The van der Waals surface area contributed by atoms with Crippen LogP contribution in [0.25, 0.3) is 0 Å². The molecule has 0 bridgehead atoms. The molecule has 0 heterocycles. The monoisotopic (exact) mass is 299 g/mol. The van der Waals surface area contributed by atoms with E-state index < -0.39 is 26.8 Å². The second kappa shape index (κ2) is 6.61. The molecule has 1 atom stereocenters. The molecule has 108 valence electrons. The van der Waals surface area contributed by atoms with Crippen LogP contribution in [0.5, 0.6) is 0 Å². The van der Waals surface area contributed by atoms with Gasteiger partial charge in [0.05, 0.1) is 5.75 Å². The molecule has 0 aliphatic heterocycles. The molecule has 0 spiro atoms. The summed E-state index contributed by atoms with van der Waals surface area (Å²) in [5.74, 6) is -0.0604. The van der Waals surface area contributed by atoms with E-state index in [0.717, 1.165) is 0 Å². The van der Waals surface area contributed by atoms with Gasteiger partial charge >= 0.3 is 6.09 Å². The SMILES string of the molecule is CC(C)CC(CS(=O)(=O)Cl)NC(=O)OC(C)(C)C. The number of alkyl carbamates (subject to hydrolysis) is 1. The third-order valence-corrected chi connectivity index (χ3v) is 3.06. The van der Waals surface area contributed by atoms with Crippen molar-refractivity contribution in [2.75, 3.05) is 5.75 Å². The highest BCUT2D eigenvalue weighted by Crippen LogP contribution is 2.12. The number of carbonyl (C=O) groups is 1. The molecule has 0 rings (SSSR count). The van der Waals surface area contributed by atoms with Gasteiger partial charge in [-0.15, -0.1) is 0 Å². The smallest absolute Gasteiger partial charge is 0.407 e. The molecular formula is C11H22ClNO4S. The fourth-order valence-electron chi connectivity index (χ4n) is 1.45. The lowest BCUT2D eigenvalue weighted by Gasteiger charge is -2.23. The van der Waals surface area contributed by atoms with E-state index in [1.807, 2.05) is 13.8 Å². The molecule has 5 nitrogen and oxygen atoms in total. The first-order valence-corrected chi connectivity index (χ1v) is 8.29. The Morgan fingerprint density at radius 3 is 2.17 bits per heavy atom. The van der Waals surface area contributed by atoms with Gasteiger partial charge in [-0.3, -0.25) is 0 Å². The van der Waals surface area contributed by atoms with Crippen LogP contribution < -0.4 is 5.32 Å². The molecule has 7 heteroatoms. The predicted octanol–water partition coefficient (Wildman–Crippen LogP) is 2.49. The number of ether oxygens (including phenoxy) is 1. The van der Waals surface area contributed by atoms with Crippen LogP contribution >= 0.6 is 10.7 Å². The standard InChI is InChI=1S/C11H22ClNO4S/c1-8(2)6-9(7-18(12,15)16)13-10(14)17-11(3,4)5/h8-9H,6-7H2,1-5H3,(H,13,14). The maximum absolute atomic E-state index is 11.6. The summed E-state index contributed by atoms with van der Waals surface area (Å²) in [7, 11) is 1.55. The molecule has 0 saturated carbocycles. The van der Waals surface area contributed by atoms with Crippen molar-refractivity contribution in [3.63, 3.8) is 0 Å². The van der Waals surface area contributed by atoms with Crippen LogP contribution in [0.3, 0.4) is 0 Å². The highest BCUT2D eigenvalue weighted by Gasteiger charge is 2.23. The molecule has 0 aromatic carbocycles. The lowest BCUT2D eigenvalue weighted by Crippen LogP contribution is -2.42. The second-order valence-electron chi connectivity index (χ2n) is 5.68. The lowest BCUT2D eigenvalue weighted by molar-refractivity contribution is 0.0504. The number of halogens is 1. The first-order valence-electron chi connectivity index (χ1n) is 5.81. The summed E-state index contributed by atoms with van der Waals surface area (Å²) < 4.78 is 27.2. The highest BCUT2D eigenvalue weighted by atomic mass is 35.7. The summed E-state index contributed by atoms with van der Waals surface area (Å²) in [5.41, 5.74) is -0.619. The third kappa shape index (κ3) is 10.7. The summed E-state index contributed by atoms with van der Waals surface area (Å²) in [6, 6.07) is -0.539. The van der Waals surface area contributed by atoms with Crippen LogP contribution in [0, 0.1) is 5.92 Å². The fourth-order valence-corrected chi connectivity index (χ4v) is 2.61. The van der Waals surface area contributed by atoms with E-state index in [0.29, 0.717) is 6.42 Å². The number of amides is 1. The van der Waals surface area contributed by atoms with Crippen molar-refractivity contribution in [1.29, 1.82) is 0 Å². The normalized spacial score (nSPS) is 14.4. The van der Waals surface area contributed by atoms with E-state index >= 15 is 0 Å². The van der Waals surface area contributed by atoms with Crippen LogP contribution in [0.15, 0.2) is 0 Å². The van der Waals surface area contributed by atoms with Gasteiger partial charge < -0.3 is 10.1 Å². The molecule has 1 unspecified atom stereocenters. The summed E-state index contributed by atoms with van der Waals surface area (Å²) in [5, 5.41) is 2.54. The van der Waals surface area contributed by atoms with Crippen LogP contribution in [0.1, 0.15) is 41.0 Å². The van der Waals surface area contributed by atoms with E-state index in [4.69, 9.17) is 15.4 Å². The Morgan fingerprint density at radius 1 is 1.33 bits per heavy atom. The number of carbonyl (C=O) groups excluding carboxylic acids is 1. The minimum absolute atomic E-state index is 0.239. The molecule has 0 saturated heterocycles.